The zero-order valence-corrected chi connectivity index (χ0v) is 17.3. The third kappa shape index (κ3) is 5.30. The first kappa shape index (κ1) is 20.4. The van der Waals surface area contributed by atoms with Crippen molar-refractivity contribution in [2.24, 2.45) is 5.92 Å². The SMILES string of the molecule is CC(C)Cn1nnnc1SCC(=O)Nc1c(C(C)C)cccc1C(C)C. The van der Waals surface area contributed by atoms with Crippen molar-refractivity contribution in [3.05, 3.63) is 29.3 Å². The minimum Gasteiger partial charge on any atom is -0.325 e. The molecule has 2 aromatic rings. The third-order valence-electron chi connectivity index (χ3n) is 4.01. The van der Waals surface area contributed by atoms with Crippen molar-refractivity contribution in [3.8, 4) is 0 Å². The van der Waals surface area contributed by atoms with E-state index in [9.17, 15) is 4.79 Å². The fraction of sp³-hybridized carbons (Fsp3) is 0.579. The molecule has 26 heavy (non-hydrogen) atoms. The van der Waals surface area contributed by atoms with Gasteiger partial charge in [0.15, 0.2) is 0 Å². The lowest BCUT2D eigenvalue weighted by Gasteiger charge is -2.20. The number of para-hydroxylation sites is 1. The van der Waals surface area contributed by atoms with Gasteiger partial charge in [-0.1, -0.05) is 71.5 Å². The highest BCUT2D eigenvalue weighted by atomic mass is 32.2. The molecule has 7 heteroatoms. The highest BCUT2D eigenvalue weighted by molar-refractivity contribution is 7.99. The van der Waals surface area contributed by atoms with Crippen LogP contribution in [0, 0.1) is 5.92 Å². The number of aromatic nitrogens is 4. The van der Waals surface area contributed by atoms with Gasteiger partial charge in [-0.05, 0) is 39.3 Å². The smallest absolute Gasteiger partial charge is 0.234 e. The Morgan fingerprint density at radius 1 is 1.12 bits per heavy atom. The molecule has 0 fully saturated rings. The zero-order chi connectivity index (χ0) is 19.3. The molecule has 0 radical (unpaired) electrons. The predicted molar refractivity (Wildman–Crippen MR) is 107 cm³/mol. The van der Waals surface area contributed by atoms with Crippen LogP contribution in [0.3, 0.4) is 0 Å². The number of rotatable bonds is 8. The first-order chi connectivity index (χ1) is 12.3. The standard InChI is InChI=1S/C19H29N5OS/c1-12(2)10-24-19(21-22-23-24)26-11-17(25)20-18-15(13(3)4)8-7-9-16(18)14(5)6/h7-9,12-14H,10-11H2,1-6H3,(H,20,25). The van der Waals surface area contributed by atoms with Gasteiger partial charge in [0.05, 0.1) is 5.75 Å². The van der Waals surface area contributed by atoms with E-state index in [-0.39, 0.29) is 11.7 Å². The number of nitrogens with zero attached hydrogens (tertiary/aromatic N) is 4. The lowest BCUT2D eigenvalue weighted by Crippen LogP contribution is -2.18. The minimum absolute atomic E-state index is 0.0379. The second kappa shape index (κ2) is 9.16. The molecule has 1 heterocycles. The number of carbonyl (C=O) groups is 1. The lowest BCUT2D eigenvalue weighted by atomic mass is 9.92. The lowest BCUT2D eigenvalue weighted by molar-refractivity contribution is -0.113. The van der Waals surface area contributed by atoms with E-state index in [2.05, 4.69) is 80.6 Å². The van der Waals surface area contributed by atoms with E-state index < -0.39 is 0 Å². The summed E-state index contributed by atoms with van der Waals surface area (Å²) < 4.78 is 1.75. The molecule has 1 aromatic carbocycles. The van der Waals surface area contributed by atoms with Gasteiger partial charge in [-0.25, -0.2) is 4.68 Å². The highest BCUT2D eigenvalue weighted by Crippen LogP contribution is 2.32. The molecule has 0 atom stereocenters. The number of carbonyl (C=O) groups excluding carboxylic acids is 1. The summed E-state index contributed by atoms with van der Waals surface area (Å²) >= 11 is 1.37. The fourth-order valence-corrected chi connectivity index (χ4v) is 3.45. The Kier molecular flexibility index (Phi) is 7.20. The number of tetrazole rings is 1. The number of nitrogens with one attached hydrogen (secondary N) is 1. The van der Waals surface area contributed by atoms with Gasteiger partial charge < -0.3 is 5.32 Å². The van der Waals surface area contributed by atoms with Crippen molar-refractivity contribution in [2.75, 3.05) is 11.1 Å². The third-order valence-corrected chi connectivity index (χ3v) is 4.96. The number of hydrogen-bond acceptors (Lipinski definition) is 5. The Balaban J connectivity index is 2.10. The maximum absolute atomic E-state index is 12.6. The maximum Gasteiger partial charge on any atom is 0.234 e. The van der Waals surface area contributed by atoms with Crippen LogP contribution in [0.15, 0.2) is 23.4 Å². The summed E-state index contributed by atoms with van der Waals surface area (Å²) in [5.41, 5.74) is 3.28. The van der Waals surface area contributed by atoms with Crippen LogP contribution < -0.4 is 5.32 Å². The summed E-state index contributed by atoms with van der Waals surface area (Å²) in [4.78, 5) is 12.6. The summed E-state index contributed by atoms with van der Waals surface area (Å²) in [6.45, 7) is 13.5. The zero-order valence-electron chi connectivity index (χ0n) is 16.5. The van der Waals surface area contributed by atoms with Crippen molar-refractivity contribution >= 4 is 23.4 Å². The van der Waals surface area contributed by atoms with Crippen molar-refractivity contribution < 1.29 is 4.79 Å². The number of benzene rings is 1. The summed E-state index contributed by atoms with van der Waals surface area (Å²) in [5.74, 6) is 1.37. The van der Waals surface area contributed by atoms with Crippen LogP contribution in [-0.2, 0) is 11.3 Å². The molecule has 0 aliphatic heterocycles. The molecule has 0 aliphatic carbocycles. The molecule has 0 saturated carbocycles. The van der Waals surface area contributed by atoms with Crippen LogP contribution in [0.5, 0.6) is 0 Å². The quantitative estimate of drug-likeness (QED) is 0.696. The van der Waals surface area contributed by atoms with Gasteiger partial charge in [0, 0.05) is 12.2 Å². The van der Waals surface area contributed by atoms with Gasteiger partial charge in [-0.2, -0.15) is 0 Å². The van der Waals surface area contributed by atoms with Gasteiger partial charge >= 0.3 is 0 Å². The van der Waals surface area contributed by atoms with E-state index >= 15 is 0 Å². The van der Waals surface area contributed by atoms with Crippen molar-refractivity contribution in [3.63, 3.8) is 0 Å². The fourth-order valence-electron chi connectivity index (χ4n) is 2.76. The van der Waals surface area contributed by atoms with Gasteiger partial charge in [-0.3, -0.25) is 4.79 Å². The molecular formula is C19H29N5OS. The first-order valence-electron chi connectivity index (χ1n) is 9.11. The second-order valence-corrected chi connectivity index (χ2v) is 8.44. The summed E-state index contributed by atoms with van der Waals surface area (Å²) in [6, 6.07) is 6.24. The van der Waals surface area contributed by atoms with E-state index in [0.717, 1.165) is 12.2 Å². The Bertz CT molecular complexity index is 713. The predicted octanol–water partition coefficient (Wildman–Crippen LogP) is 4.31. The first-order valence-corrected chi connectivity index (χ1v) is 10.1. The molecule has 0 unspecified atom stereocenters. The average Bonchev–Trinajstić information content (AvgIpc) is 2.99. The second-order valence-electron chi connectivity index (χ2n) is 7.50. The van der Waals surface area contributed by atoms with Crippen molar-refractivity contribution in [1.29, 1.82) is 0 Å². The molecular weight excluding hydrogens is 346 g/mol. The van der Waals surface area contributed by atoms with Gasteiger partial charge in [-0.15, -0.1) is 5.10 Å². The van der Waals surface area contributed by atoms with Crippen LogP contribution in [0.25, 0.3) is 0 Å². The Morgan fingerprint density at radius 3 is 2.27 bits per heavy atom. The van der Waals surface area contributed by atoms with E-state index in [1.807, 2.05) is 0 Å². The molecule has 1 aromatic heterocycles. The number of thioether (sulfide) groups is 1. The summed E-state index contributed by atoms with van der Waals surface area (Å²) in [5, 5.41) is 15.5. The molecule has 0 saturated heterocycles. The summed E-state index contributed by atoms with van der Waals surface area (Å²) in [7, 11) is 0. The van der Waals surface area contributed by atoms with Gasteiger partial charge in [0.1, 0.15) is 0 Å². The van der Waals surface area contributed by atoms with Crippen molar-refractivity contribution in [2.45, 2.75) is 65.1 Å². The Labute approximate surface area is 160 Å². The topological polar surface area (TPSA) is 72.7 Å². The Morgan fingerprint density at radius 2 is 1.73 bits per heavy atom. The normalized spacial score (nSPS) is 11.6. The summed E-state index contributed by atoms with van der Waals surface area (Å²) in [6.07, 6.45) is 0. The molecule has 6 nitrogen and oxygen atoms in total. The largest absolute Gasteiger partial charge is 0.325 e. The Hall–Kier alpha value is -1.89. The van der Waals surface area contributed by atoms with Crippen LogP contribution in [0.4, 0.5) is 5.69 Å². The van der Waals surface area contributed by atoms with Crippen LogP contribution >= 0.6 is 11.8 Å². The maximum atomic E-state index is 12.6. The molecule has 1 N–H and O–H groups in total. The monoisotopic (exact) mass is 375 g/mol. The molecule has 2 rings (SSSR count). The highest BCUT2D eigenvalue weighted by Gasteiger charge is 2.17. The van der Waals surface area contributed by atoms with E-state index in [1.54, 1.807) is 4.68 Å². The number of amides is 1. The van der Waals surface area contributed by atoms with Crippen LogP contribution in [0.2, 0.25) is 0 Å². The number of anilines is 1. The molecule has 0 spiro atoms. The molecule has 0 aliphatic rings. The van der Waals surface area contributed by atoms with E-state index in [1.165, 1.54) is 22.9 Å². The van der Waals surface area contributed by atoms with Crippen molar-refractivity contribution in [1.82, 2.24) is 20.2 Å². The van der Waals surface area contributed by atoms with E-state index in [0.29, 0.717) is 22.9 Å². The molecule has 1 amide bonds. The molecule has 0 bridgehead atoms. The van der Waals surface area contributed by atoms with Gasteiger partial charge in [0.2, 0.25) is 11.1 Å². The van der Waals surface area contributed by atoms with E-state index in [4.69, 9.17) is 0 Å². The van der Waals surface area contributed by atoms with Gasteiger partial charge in [0.25, 0.3) is 0 Å². The van der Waals surface area contributed by atoms with Crippen LogP contribution in [-0.4, -0.2) is 31.9 Å². The van der Waals surface area contributed by atoms with Crippen LogP contribution in [0.1, 0.15) is 64.5 Å². The molecule has 142 valence electrons. The minimum atomic E-state index is -0.0379. The average molecular weight is 376 g/mol. The number of hydrogen-bond donors (Lipinski definition) is 1.